The van der Waals surface area contributed by atoms with Crippen LogP contribution in [0.4, 0.5) is 0 Å². The molecular formula is C12H17BrN2O. The van der Waals surface area contributed by atoms with E-state index in [2.05, 4.69) is 41.7 Å². The summed E-state index contributed by atoms with van der Waals surface area (Å²) in [6.07, 6.45) is 0. The summed E-state index contributed by atoms with van der Waals surface area (Å²) in [7, 11) is 0. The Morgan fingerprint density at radius 2 is 1.75 bits per heavy atom. The van der Waals surface area contributed by atoms with E-state index in [1.807, 2.05) is 13.8 Å². The minimum absolute atomic E-state index is 0.124. The number of hydrogen-bond acceptors (Lipinski definition) is 2. The number of pyridine rings is 1. The molecule has 0 saturated heterocycles. The molecule has 0 aliphatic rings. The summed E-state index contributed by atoms with van der Waals surface area (Å²) in [5.41, 5.74) is 8.30. The number of rotatable bonds is 1. The van der Waals surface area contributed by atoms with Gasteiger partial charge in [-0.3, -0.25) is 4.79 Å². The van der Waals surface area contributed by atoms with Crippen molar-refractivity contribution >= 4 is 21.8 Å². The minimum Gasteiger partial charge on any atom is -0.364 e. The molecule has 0 radical (unpaired) electrons. The molecule has 0 saturated carbocycles. The first-order valence-electron chi connectivity index (χ1n) is 5.13. The lowest BCUT2D eigenvalue weighted by Gasteiger charge is -2.22. The van der Waals surface area contributed by atoms with Gasteiger partial charge < -0.3 is 5.73 Å². The number of carbonyl (C=O) groups excluding carboxylic acids is 1. The molecule has 0 unspecified atom stereocenters. The van der Waals surface area contributed by atoms with Crippen LogP contribution in [-0.4, -0.2) is 10.9 Å². The second kappa shape index (κ2) is 4.17. The number of aromatic nitrogens is 1. The van der Waals surface area contributed by atoms with E-state index in [0.29, 0.717) is 5.69 Å². The predicted octanol–water partition coefficient (Wildman–Crippen LogP) is 2.86. The molecule has 88 valence electrons. The van der Waals surface area contributed by atoms with Crippen molar-refractivity contribution in [2.24, 2.45) is 5.73 Å². The van der Waals surface area contributed by atoms with Crippen LogP contribution in [0, 0.1) is 13.8 Å². The Balaban J connectivity index is 3.61. The molecule has 1 aromatic rings. The first-order valence-corrected chi connectivity index (χ1v) is 5.92. The lowest BCUT2D eigenvalue weighted by atomic mass is 9.89. The molecule has 0 aliphatic heterocycles. The van der Waals surface area contributed by atoms with Crippen molar-refractivity contribution in [3.63, 3.8) is 0 Å². The van der Waals surface area contributed by atoms with Crippen molar-refractivity contribution in [2.75, 3.05) is 0 Å². The number of primary amides is 1. The highest BCUT2D eigenvalue weighted by Gasteiger charge is 2.24. The number of hydrogen-bond donors (Lipinski definition) is 1. The van der Waals surface area contributed by atoms with E-state index < -0.39 is 5.91 Å². The molecule has 4 heteroatoms. The van der Waals surface area contributed by atoms with Crippen LogP contribution >= 0.6 is 15.9 Å². The van der Waals surface area contributed by atoms with Gasteiger partial charge in [0.25, 0.3) is 5.91 Å². The Hall–Kier alpha value is -0.900. The SMILES string of the molecule is Cc1c(C(N)=O)nc(C(C)(C)C)c(Br)c1C. The summed E-state index contributed by atoms with van der Waals surface area (Å²) in [5, 5.41) is 0. The van der Waals surface area contributed by atoms with Crippen molar-refractivity contribution in [1.82, 2.24) is 4.98 Å². The number of carbonyl (C=O) groups is 1. The third kappa shape index (κ3) is 2.26. The monoisotopic (exact) mass is 284 g/mol. The van der Waals surface area contributed by atoms with E-state index >= 15 is 0 Å². The van der Waals surface area contributed by atoms with Gasteiger partial charge in [0, 0.05) is 9.89 Å². The number of amides is 1. The average Bonchev–Trinajstić information content (AvgIpc) is 2.11. The molecule has 0 aromatic carbocycles. The van der Waals surface area contributed by atoms with Crippen LogP contribution in [0.25, 0.3) is 0 Å². The molecule has 0 fully saturated rings. The van der Waals surface area contributed by atoms with Crippen molar-refractivity contribution in [2.45, 2.75) is 40.0 Å². The number of nitrogens with two attached hydrogens (primary N) is 1. The molecule has 1 heterocycles. The van der Waals surface area contributed by atoms with Crippen LogP contribution in [0.15, 0.2) is 4.47 Å². The van der Waals surface area contributed by atoms with Crippen molar-refractivity contribution in [3.8, 4) is 0 Å². The van der Waals surface area contributed by atoms with Gasteiger partial charge in [0.2, 0.25) is 0 Å². The molecule has 1 rings (SSSR count). The second-order valence-corrected chi connectivity index (χ2v) is 5.78. The molecule has 3 nitrogen and oxygen atoms in total. The maximum absolute atomic E-state index is 11.3. The van der Waals surface area contributed by atoms with E-state index in [1.165, 1.54) is 0 Å². The van der Waals surface area contributed by atoms with Gasteiger partial charge in [-0.25, -0.2) is 4.98 Å². The maximum atomic E-state index is 11.3. The van der Waals surface area contributed by atoms with Gasteiger partial charge in [-0.1, -0.05) is 20.8 Å². The van der Waals surface area contributed by atoms with Gasteiger partial charge in [0.15, 0.2) is 0 Å². The van der Waals surface area contributed by atoms with Crippen molar-refractivity contribution in [1.29, 1.82) is 0 Å². The van der Waals surface area contributed by atoms with Crippen LogP contribution in [0.1, 0.15) is 48.1 Å². The third-order valence-electron chi connectivity index (χ3n) is 2.62. The number of halogens is 1. The van der Waals surface area contributed by atoms with Gasteiger partial charge in [0.1, 0.15) is 5.69 Å². The molecule has 16 heavy (non-hydrogen) atoms. The third-order valence-corrected chi connectivity index (χ3v) is 3.59. The Bertz CT molecular complexity index is 447. The first-order chi connectivity index (χ1) is 7.16. The highest BCUT2D eigenvalue weighted by molar-refractivity contribution is 9.10. The summed E-state index contributed by atoms with van der Waals surface area (Å²) in [5.74, 6) is -0.474. The van der Waals surface area contributed by atoms with Crippen LogP contribution in [0.2, 0.25) is 0 Å². The minimum atomic E-state index is -0.474. The predicted molar refractivity (Wildman–Crippen MR) is 68.6 cm³/mol. The van der Waals surface area contributed by atoms with Gasteiger partial charge in [-0.05, 0) is 40.9 Å². The Kier molecular flexibility index (Phi) is 3.43. The van der Waals surface area contributed by atoms with Crippen molar-refractivity contribution < 1.29 is 4.79 Å². The molecule has 1 amide bonds. The Labute approximate surface area is 105 Å². The van der Waals surface area contributed by atoms with Gasteiger partial charge in [-0.15, -0.1) is 0 Å². The largest absolute Gasteiger partial charge is 0.364 e. The van der Waals surface area contributed by atoms with E-state index in [0.717, 1.165) is 21.3 Å². The van der Waals surface area contributed by atoms with Gasteiger partial charge in [0.05, 0.1) is 5.69 Å². The van der Waals surface area contributed by atoms with Crippen LogP contribution < -0.4 is 5.73 Å². The van der Waals surface area contributed by atoms with E-state index in [1.54, 1.807) is 0 Å². The first kappa shape index (κ1) is 13.2. The fourth-order valence-corrected chi connectivity index (χ4v) is 2.48. The molecule has 0 atom stereocenters. The van der Waals surface area contributed by atoms with Crippen LogP contribution in [0.5, 0.6) is 0 Å². The standard InChI is InChI=1S/C12H17BrN2O/c1-6-7(2)9(11(14)16)15-10(8(6)13)12(3,4)5/h1-5H3,(H2,14,16). The molecule has 0 aliphatic carbocycles. The summed E-state index contributed by atoms with van der Waals surface area (Å²) < 4.78 is 0.961. The van der Waals surface area contributed by atoms with Crippen LogP contribution in [0.3, 0.4) is 0 Å². The molecule has 2 N–H and O–H groups in total. The smallest absolute Gasteiger partial charge is 0.267 e. The lowest BCUT2D eigenvalue weighted by Crippen LogP contribution is -2.22. The summed E-state index contributed by atoms with van der Waals surface area (Å²) in [6, 6.07) is 0. The molecule has 0 bridgehead atoms. The molecule has 1 aromatic heterocycles. The zero-order chi connectivity index (χ0) is 12.7. The maximum Gasteiger partial charge on any atom is 0.267 e. The van der Waals surface area contributed by atoms with Gasteiger partial charge in [-0.2, -0.15) is 0 Å². The quantitative estimate of drug-likeness (QED) is 0.862. The topological polar surface area (TPSA) is 56.0 Å². The summed E-state index contributed by atoms with van der Waals surface area (Å²) >= 11 is 3.54. The van der Waals surface area contributed by atoms with Crippen molar-refractivity contribution in [3.05, 3.63) is 27.0 Å². The van der Waals surface area contributed by atoms with E-state index in [4.69, 9.17) is 5.73 Å². The zero-order valence-electron chi connectivity index (χ0n) is 10.3. The van der Waals surface area contributed by atoms with E-state index in [-0.39, 0.29) is 5.41 Å². The fourth-order valence-electron chi connectivity index (χ4n) is 1.50. The van der Waals surface area contributed by atoms with Crippen LogP contribution in [-0.2, 0) is 5.41 Å². The number of nitrogens with zero attached hydrogens (tertiary/aromatic N) is 1. The van der Waals surface area contributed by atoms with E-state index in [9.17, 15) is 4.79 Å². The molecule has 0 spiro atoms. The Morgan fingerprint density at radius 3 is 2.12 bits per heavy atom. The summed E-state index contributed by atoms with van der Waals surface area (Å²) in [4.78, 5) is 15.7. The molecular weight excluding hydrogens is 268 g/mol. The summed E-state index contributed by atoms with van der Waals surface area (Å²) in [6.45, 7) is 9.99. The highest BCUT2D eigenvalue weighted by atomic mass is 79.9. The second-order valence-electron chi connectivity index (χ2n) is 4.99. The highest BCUT2D eigenvalue weighted by Crippen LogP contribution is 2.32. The Morgan fingerprint density at radius 1 is 1.25 bits per heavy atom. The average molecular weight is 285 g/mol. The normalized spacial score (nSPS) is 11.6. The lowest BCUT2D eigenvalue weighted by molar-refractivity contribution is 0.0994. The van der Waals surface area contributed by atoms with Gasteiger partial charge >= 0.3 is 0 Å². The zero-order valence-corrected chi connectivity index (χ0v) is 11.9. The fraction of sp³-hybridized carbons (Fsp3) is 0.500.